The van der Waals surface area contributed by atoms with Gasteiger partial charge in [0.2, 0.25) is 0 Å². The summed E-state index contributed by atoms with van der Waals surface area (Å²) in [4.78, 5) is 0. The average Bonchev–Trinajstić information content (AvgIpc) is 1.65. The number of halogens is 2. The standard InChI is InChI=1S/C6H14ClN.ClH/c1-5(2)8-6(3)4-7;/h5-6,8H,4H2,1-3H3;1H. The van der Waals surface area contributed by atoms with Gasteiger partial charge in [-0.2, -0.15) is 0 Å². The van der Waals surface area contributed by atoms with Gasteiger partial charge in [-0.1, -0.05) is 13.8 Å². The number of rotatable bonds is 3. The molecule has 1 nitrogen and oxygen atoms in total. The van der Waals surface area contributed by atoms with Crippen LogP contribution in [0.4, 0.5) is 0 Å². The molecule has 9 heavy (non-hydrogen) atoms. The van der Waals surface area contributed by atoms with Crippen molar-refractivity contribution in [1.29, 1.82) is 0 Å². The molecule has 1 atom stereocenters. The van der Waals surface area contributed by atoms with E-state index in [9.17, 15) is 0 Å². The van der Waals surface area contributed by atoms with Crippen molar-refractivity contribution in [1.82, 2.24) is 5.32 Å². The highest BCUT2D eigenvalue weighted by atomic mass is 35.5. The van der Waals surface area contributed by atoms with E-state index in [1.807, 2.05) is 0 Å². The van der Waals surface area contributed by atoms with E-state index >= 15 is 0 Å². The lowest BCUT2D eigenvalue weighted by molar-refractivity contribution is 0.521. The molecule has 0 saturated carbocycles. The van der Waals surface area contributed by atoms with Gasteiger partial charge in [0.05, 0.1) is 0 Å². The second kappa shape index (κ2) is 6.66. The highest BCUT2D eigenvalue weighted by molar-refractivity contribution is 6.18. The summed E-state index contributed by atoms with van der Waals surface area (Å²) in [7, 11) is 0. The number of nitrogens with one attached hydrogen (secondary N) is 1. The summed E-state index contributed by atoms with van der Waals surface area (Å²) >= 11 is 5.53. The predicted octanol–water partition coefficient (Wildman–Crippen LogP) is 2.03. The van der Waals surface area contributed by atoms with Crippen LogP contribution in [0.3, 0.4) is 0 Å². The number of alkyl halides is 1. The SMILES string of the molecule is CC(C)NC(C)CCl.Cl. The molecule has 0 saturated heterocycles. The molecule has 1 unspecified atom stereocenters. The zero-order valence-corrected chi connectivity index (χ0v) is 7.72. The van der Waals surface area contributed by atoms with Gasteiger partial charge in [-0.15, -0.1) is 24.0 Å². The van der Waals surface area contributed by atoms with E-state index in [1.165, 1.54) is 0 Å². The molecule has 58 valence electrons. The van der Waals surface area contributed by atoms with Gasteiger partial charge in [0, 0.05) is 18.0 Å². The molecule has 1 N–H and O–H groups in total. The van der Waals surface area contributed by atoms with E-state index < -0.39 is 0 Å². The lowest BCUT2D eigenvalue weighted by Gasteiger charge is -2.12. The summed E-state index contributed by atoms with van der Waals surface area (Å²) in [6.45, 7) is 6.30. The fourth-order valence-electron chi connectivity index (χ4n) is 0.614. The summed E-state index contributed by atoms with van der Waals surface area (Å²) in [5.74, 6) is 0.693. The second-order valence-electron chi connectivity index (χ2n) is 2.38. The van der Waals surface area contributed by atoms with E-state index in [-0.39, 0.29) is 12.4 Å². The van der Waals surface area contributed by atoms with Crippen LogP contribution in [0.2, 0.25) is 0 Å². The van der Waals surface area contributed by atoms with Crippen LogP contribution >= 0.6 is 24.0 Å². The van der Waals surface area contributed by atoms with Gasteiger partial charge in [-0.05, 0) is 6.92 Å². The third-order valence-electron chi connectivity index (χ3n) is 0.849. The Morgan fingerprint density at radius 3 is 1.89 bits per heavy atom. The normalized spacial score (nSPS) is 13.0. The van der Waals surface area contributed by atoms with Crippen molar-refractivity contribution in [3.63, 3.8) is 0 Å². The first kappa shape index (κ1) is 12.2. The second-order valence-corrected chi connectivity index (χ2v) is 2.69. The Bertz CT molecular complexity index is 57.0. The van der Waals surface area contributed by atoms with E-state index in [0.717, 1.165) is 0 Å². The van der Waals surface area contributed by atoms with Crippen molar-refractivity contribution in [2.75, 3.05) is 5.88 Å². The van der Waals surface area contributed by atoms with E-state index in [0.29, 0.717) is 18.0 Å². The zero-order valence-electron chi connectivity index (χ0n) is 6.15. The quantitative estimate of drug-likeness (QED) is 0.642. The smallest absolute Gasteiger partial charge is 0.0374 e. The molecule has 0 aromatic rings. The van der Waals surface area contributed by atoms with Gasteiger partial charge in [0.1, 0.15) is 0 Å². The minimum absolute atomic E-state index is 0. The summed E-state index contributed by atoms with van der Waals surface area (Å²) < 4.78 is 0. The van der Waals surface area contributed by atoms with Crippen LogP contribution in [-0.4, -0.2) is 18.0 Å². The number of hydrogen-bond acceptors (Lipinski definition) is 1. The molecule has 0 aromatic carbocycles. The maximum Gasteiger partial charge on any atom is 0.0374 e. The molecular formula is C6H15Cl2N. The monoisotopic (exact) mass is 171 g/mol. The summed E-state index contributed by atoms with van der Waals surface area (Å²) in [5, 5.41) is 3.26. The van der Waals surface area contributed by atoms with Crippen molar-refractivity contribution >= 4 is 24.0 Å². The minimum Gasteiger partial charge on any atom is -0.311 e. The topological polar surface area (TPSA) is 12.0 Å². The largest absolute Gasteiger partial charge is 0.311 e. The average molecular weight is 172 g/mol. The predicted molar refractivity (Wildman–Crippen MR) is 45.7 cm³/mol. The first-order valence-corrected chi connectivity index (χ1v) is 3.52. The molecule has 0 radical (unpaired) electrons. The highest BCUT2D eigenvalue weighted by Crippen LogP contribution is 1.87. The van der Waals surface area contributed by atoms with E-state index in [1.54, 1.807) is 0 Å². The molecule has 3 heteroatoms. The van der Waals surface area contributed by atoms with Crippen molar-refractivity contribution < 1.29 is 0 Å². The Kier molecular flexibility index (Phi) is 9.05. The highest BCUT2D eigenvalue weighted by Gasteiger charge is 1.98. The molecule has 0 aromatic heterocycles. The first-order valence-electron chi connectivity index (χ1n) is 2.98. The Labute approximate surface area is 68.6 Å². The van der Waals surface area contributed by atoms with Gasteiger partial charge < -0.3 is 5.32 Å². The molecule has 0 bridgehead atoms. The van der Waals surface area contributed by atoms with Crippen molar-refractivity contribution in [2.24, 2.45) is 0 Å². The maximum atomic E-state index is 5.53. The third-order valence-corrected chi connectivity index (χ3v) is 1.31. The zero-order chi connectivity index (χ0) is 6.57. The van der Waals surface area contributed by atoms with Gasteiger partial charge in [0.25, 0.3) is 0 Å². The maximum absolute atomic E-state index is 5.53. The van der Waals surface area contributed by atoms with Crippen LogP contribution in [-0.2, 0) is 0 Å². The lowest BCUT2D eigenvalue weighted by Crippen LogP contribution is -2.33. The van der Waals surface area contributed by atoms with E-state index in [2.05, 4.69) is 26.1 Å². The van der Waals surface area contributed by atoms with Gasteiger partial charge in [-0.3, -0.25) is 0 Å². The van der Waals surface area contributed by atoms with Gasteiger partial charge in [0.15, 0.2) is 0 Å². The molecule has 0 rings (SSSR count). The fourth-order valence-corrected chi connectivity index (χ4v) is 0.703. The Morgan fingerprint density at radius 2 is 1.78 bits per heavy atom. The van der Waals surface area contributed by atoms with Crippen LogP contribution in [0, 0.1) is 0 Å². The van der Waals surface area contributed by atoms with E-state index in [4.69, 9.17) is 11.6 Å². The first-order chi connectivity index (χ1) is 3.66. The van der Waals surface area contributed by atoms with Crippen LogP contribution in [0.5, 0.6) is 0 Å². The van der Waals surface area contributed by atoms with Crippen LogP contribution in [0.25, 0.3) is 0 Å². The Morgan fingerprint density at radius 1 is 1.33 bits per heavy atom. The van der Waals surface area contributed by atoms with Gasteiger partial charge >= 0.3 is 0 Å². The van der Waals surface area contributed by atoms with Crippen molar-refractivity contribution in [2.45, 2.75) is 32.9 Å². The molecule has 0 aliphatic heterocycles. The molecule has 0 amide bonds. The number of hydrogen-bond donors (Lipinski definition) is 1. The summed E-state index contributed by atoms with van der Waals surface area (Å²) in [5.41, 5.74) is 0. The molecular weight excluding hydrogens is 157 g/mol. The molecule has 0 heterocycles. The Balaban J connectivity index is 0. The van der Waals surface area contributed by atoms with Gasteiger partial charge in [-0.25, -0.2) is 0 Å². The van der Waals surface area contributed by atoms with Crippen LogP contribution in [0.15, 0.2) is 0 Å². The fraction of sp³-hybridized carbons (Fsp3) is 1.00. The molecule has 0 aliphatic rings. The summed E-state index contributed by atoms with van der Waals surface area (Å²) in [6.07, 6.45) is 0. The molecule has 0 fully saturated rings. The molecule has 0 spiro atoms. The minimum atomic E-state index is 0. The van der Waals surface area contributed by atoms with Crippen molar-refractivity contribution in [3.05, 3.63) is 0 Å². The lowest BCUT2D eigenvalue weighted by atomic mass is 10.3. The summed E-state index contributed by atoms with van der Waals surface area (Å²) in [6, 6.07) is 0.986. The van der Waals surface area contributed by atoms with Crippen LogP contribution in [0.1, 0.15) is 20.8 Å². The molecule has 0 aliphatic carbocycles. The Hall–Kier alpha value is 0.540. The van der Waals surface area contributed by atoms with Crippen LogP contribution < -0.4 is 5.32 Å². The third kappa shape index (κ3) is 8.54. The van der Waals surface area contributed by atoms with Crippen molar-refractivity contribution in [3.8, 4) is 0 Å².